The highest BCUT2D eigenvalue weighted by molar-refractivity contribution is 7.13. The zero-order valence-electron chi connectivity index (χ0n) is 13.3. The van der Waals surface area contributed by atoms with Gasteiger partial charge in [0.25, 0.3) is 0 Å². The second kappa shape index (κ2) is 8.43. The van der Waals surface area contributed by atoms with Crippen molar-refractivity contribution in [2.24, 2.45) is 0 Å². The van der Waals surface area contributed by atoms with E-state index in [1.54, 1.807) is 12.3 Å². The van der Waals surface area contributed by atoms with Gasteiger partial charge in [-0.15, -0.1) is 11.3 Å². The number of aryl methyl sites for hydroxylation is 2. The molecule has 1 amide bonds. The maximum Gasteiger partial charge on any atom is 0.311 e. The van der Waals surface area contributed by atoms with Crippen LogP contribution in [0, 0.1) is 6.92 Å². The van der Waals surface area contributed by atoms with Gasteiger partial charge in [0.15, 0.2) is 5.13 Å². The van der Waals surface area contributed by atoms with Gasteiger partial charge in [0.05, 0.1) is 18.7 Å². The van der Waals surface area contributed by atoms with Crippen molar-refractivity contribution in [3.05, 3.63) is 46.5 Å². The molecule has 0 aliphatic rings. The molecular weight excluding hydrogens is 312 g/mol. The lowest BCUT2D eigenvalue weighted by Crippen LogP contribution is -2.12. The van der Waals surface area contributed by atoms with Crippen molar-refractivity contribution in [1.82, 2.24) is 4.98 Å². The lowest BCUT2D eigenvalue weighted by molar-refractivity contribution is -0.142. The molecule has 0 bridgehead atoms. The Hall–Kier alpha value is -2.21. The zero-order chi connectivity index (χ0) is 16.7. The predicted octanol–water partition coefficient (Wildman–Crippen LogP) is 3.13. The number of anilines is 1. The normalized spacial score (nSPS) is 10.3. The Morgan fingerprint density at radius 1 is 1.35 bits per heavy atom. The van der Waals surface area contributed by atoms with Crippen molar-refractivity contribution >= 4 is 28.3 Å². The first kappa shape index (κ1) is 17.1. The summed E-state index contributed by atoms with van der Waals surface area (Å²) in [5.41, 5.74) is 2.94. The standard InChI is InChI=1S/C17H20N2O3S/c1-3-22-16(21)10-14-11-23-17(18-14)19-15(20)8-7-13-6-4-5-12(2)9-13/h4-6,9,11H,3,7-8,10H2,1-2H3,(H,18,19,20). The highest BCUT2D eigenvalue weighted by Crippen LogP contribution is 2.17. The average Bonchev–Trinajstić information content (AvgIpc) is 2.92. The first-order chi connectivity index (χ1) is 11.1. The van der Waals surface area contributed by atoms with Crippen LogP contribution in [0.3, 0.4) is 0 Å². The van der Waals surface area contributed by atoms with Crippen LogP contribution in [0.5, 0.6) is 0 Å². The van der Waals surface area contributed by atoms with E-state index in [0.29, 0.717) is 30.3 Å². The maximum absolute atomic E-state index is 12.0. The molecule has 6 heteroatoms. The molecule has 2 aromatic rings. The summed E-state index contributed by atoms with van der Waals surface area (Å²) < 4.78 is 4.87. The van der Waals surface area contributed by atoms with Crippen LogP contribution in [0.1, 0.15) is 30.2 Å². The van der Waals surface area contributed by atoms with Gasteiger partial charge in [0.2, 0.25) is 5.91 Å². The SMILES string of the molecule is CCOC(=O)Cc1csc(NC(=O)CCc2cccc(C)c2)n1. The molecule has 2 rings (SSSR count). The Balaban J connectivity index is 1.81. The van der Waals surface area contributed by atoms with Gasteiger partial charge in [-0.25, -0.2) is 4.98 Å². The monoisotopic (exact) mass is 332 g/mol. The molecule has 1 heterocycles. The number of hydrogen-bond donors (Lipinski definition) is 1. The average molecular weight is 332 g/mol. The minimum Gasteiger partial charge on any atom is -0.466 e. The number of aromatic nitrogens is 1. The van der Waals surface area contributed by atoms with Gasteiger partial charge in [-0.05, 0) is 25.8 Å². The van der Waals surface area contributed by atoms with Crippen molar-refractivity contribution in [2.75, 3.05) is 11.9 Å². The molecule has 0 saturated carbocycles. The molecule has 23 heavy (non-hydrogen) atoms. The summed E-state index contributed by atoms with van der Waals surface area (Å²) in [6.07, 6.45) is 1.22. The van der Waals surface area contributed by atoms with E-state index in [-0.39, 0.29) is 18.3 Å². The van der Waals surface area contributed by atoms with Gasteiger partial charge < -0.3 is 10.1 Å². The van der Waals surface area contributed by atoms with E-state index in [0.717, 1.165) is 5.56 Å². The number of ether oxygens (including phenoxy) is 1. The van der Waals surface area contributed by atoms with Gasteiger partial charge >= 0.3 is 5.97 Å². The summed E-state index contributed by atoms with van der Waals surface area (Å²) in [7, 11) is 0. The van der Waals surface area contributed by atoms with Crippen molar-refractivity contribution in [1.29, 1.82) is 0 Å². The molecule has 0 radical (unpaired) electrons. The number of nitrogens with one attached hydrogen (secondary N) is 1. The third-order valence-electron chi connectivity index (χ3n) is 3.15. The first-order valence-electron chi connectivity index (χ1n) is 7.52. The summed E-state index contributed by atoms with van der Waals surface area (Å²) >= 11 is 1.31. The fraction of sp³-hybridized carbons (Fsp3) is 0.353. The smallest absolute Gasteiger partial charge is 0.311 e. The van der Waals surface area contributed by atoms with Crippen LogP contribution in [0.4, 0.5) is 5.13 Å². The van der Waals surface area contributed by atoms with Crippen LogP contribution in [-0.4, -0.2) is 23.5 Å². The fourth-order valence-electron chi connectivity index (χ4n) is 2.11. The van der Waals surface area contributed by atoms with Crippen LogP contribution in [0.25, 0.3) is 0 Å². The molecular formula is C17H20N2O3S. The lowest BCUT2D eigenvalue weighted by Gasteiger charge is -2.03. The maximum atomic E-state index is 12.0. The van der Waals surface area contributed by atoms with Gasteiger partial charge in [-0.2, -0.15) is 0 Å². The molecule has 1 N–H and O–H groups in total. The Bertz CT molecular complexity index is 682. The van der Waals surface area contributed by atoms with Crippen LogP contribution < -0.4 is 5.32 Å². The topological polar surface area (TPSA) is 68.3 Å². The minimum atomic E-state index is -0.310. The second-order valence-electron chi connectivity index (χ2n) is 5.16. The number of esters is 1. The Labute approximate surface area is 139 Å². The van der Waals surface area contributed by atoms with E-state index in [9.17, 15) is 9.59 Å². The molecule has 122 valence electrons. The summed E-state index contributed by atoms with van der Waals surface area (Å²) in [5, 5.41) is 5.04. The highest BCUT2D eigenvalue weighted by atomic mass is 32.1. The Kier molecular flexibility index (Phi) is 6.29. The zero-order valence-corrected chi connectivity index (χ0v) is 14.1. The van der Waals surface area contributed by atoms with Crippen LogP contribution in [-0.2, 0) is 27.2 Å². The van der Waals surface area contributed by atoms with Gasteiger partial charge in [0, 0.05) is 11.8 Å². The number of hydrogen-bond acceptors (Lipinski definition) is 5. The van der Waals surface area contributed by atoms with Crippen molar-refractivity contribution in [3.8, 4) is 0 Å². The highest BCUT2D eigenvalue weighted by Gasteiger charge is 2.10. The molecule has 0 atom stereocenters. The first-order valence-corrected chi connectivity index (χ1v) is 8.40. The molecule has 0 spiro atoms. The fourth-order valence-corrected chi connectivity index (χ4v) is 2.84. The number of carbonyl (C=O) groups is 2. The number of thiazole rings is 1. The number of rotatable bonds is 7. The van der Waals surface area contributed by atoms with E-state index in [4.69, 9.17) is 4.74 Å². The van der Waals surface area contributed by atoms with Crippen LogP contribution >= 0.6 is 11.3 Å². The number of benzene rings is 1. The molecule has 1 aromatic carbocycles. The summed E-state index contributed by atoms with van der Waals surface area (Å²) in [5.74, 6) is -0.390. The number of carbonyl (C=O) groups excluding carboxylic acids is 2. The predicted molar refractivity (Wildman–Crippen MR) is 90.6 cm³/mol. The third kappa shape index (κ3) is 5.83. The van der Waals surface area contributed by atoms with Gasteiger partial charge in [0.1, 0.15) is 0 Å². The van der Waals surface area contributed by atoms with E-state index in [1.807, 2.05) is 25.1 Å². The summed E-state index contributed by atoms with van der Waals surface area (Å²) in [6.45, 7) is 4.15. The van der Waals surface area contributed by atoms with E-state index in [2.05, 4.69) is 16.4 Å². The van der Waals surface area contributed by atoms with E-state index in [1.165, 1.54) is 16.9 Å². The summed E-state index contributed by atoms with van der Waals surface area (Å²) in [6, 6.07) is 8.12. The van der Waals surface area contributed by atoms with E-state index < -0.39 is 0 Å². The molecule has 0 saturated heterocycles. The van der Waals surface area contributed by atoms with Crippen LogP contribution in [0.15, 0.2) is 29.6 Å². The quantitative estimate of drug-likeness (QED) is 0.791. The van der Waals surface area contributed by atoms with Gasteiger partial charge in [-0.1, -0.05) is 29.8 Å². The molecule has 1 aromatic heterocycles. The molecule has 0 aliphatic heterocycles. The Morgan fingerprint density at radius 3 is 2.91 bits per heavy atom. The van der Waals surface area contributed by atoms with Crippen molar-refractivity contribution < 1.29 is 14.3 Å². The minimum absolute atomic E-state index is 0.0801. The lowest BCUT2D eigenvalue weighted by atomic mass is 10.1. The third-order valence-corrected chi connectivity index (χ3v) is 3.96. The molecule has 0 aliphatic carbocycles. The molecule has 0 unspecified atom stereocenters. The van der Waals surface area contributed by atoms with E-state index >= 15 is 0 Å². The molecule has 0 fully saturated rings. The summed E-state index contributed by atoms with van der Waals surface area (Å²) in [4.78, 5) is 27.6. The van der Waals surface area contributed by atoms with Crippen molar-refractivity contribution in [2.45, 2.75) is 33.1 Å². The second-order valence-corrected chi connectivity index (χ2v) is 6.02. The van der Waals surface area contributed by atoms with Gasteiger partial charge in [-0.3, -0.25) is 9.59 Å². The van der Waals surface area contributed by atoms with Crippen molar-refractivity contribution in [3.63, 3.8) is 0 Å². The largest absolute Gasteiger partial charge is 0.466 e. The molecule has 5 nitrogen and oxygen atoms in total. The van der Waals surface area contributed by atoms with Crippen LogP contribution in [0.2, 0.25) is 0 Å². The number of amides is 1. The number of nitrogens with zero attached hydrogens (tertiary/aromatic N) is 1. The Morgan fingerprint density at radius 2 is 2.17 bits per heavy atom.